The number of hydrogen-bond donors (Lipinski definition) is 1. The summed E-state index contributed by atoms with van der Waals surface area (Å²) >= 11 is 6.11. The minimum atomic E-state index is -0.0277. The summed E-state index contributed by atoms with van der Waals surface area (Å²) in [5.74, 6) is -0.0277. The molecule has 1 heterocycles. The van der Waals surface area contributed by atoms with E-state index in [1.54, 1.807) is 18.2 Å². The lowest BCUT2D eigenvalue weighted by Crippen LogP contribution is -2.42. The van der Waals surface area contributed by atoms with Crippen LogP contribution in [-0.4, -0.2) is 48.4 Å². The van der Waals surface area contributed by atoms with Crippen LogP contribution in [0.3, 0.4) is 0 Å². The van der Waals surface area contributed by atoms with Gasteiger partial charge >= 0.3 is 0 Å². The van der Waals surface area contributed by atoms with E-state index in [1.165, 1.54) is 0 Å². The van der Waals surface area contributed by atoms with Crippen molar-refractivity contribution in [2.24, 2.45) is 0 Å². The number of hydrogen-bond acceptors (Lipinski definition) is 3. The molecule has 1 unspecified atom stereocenters. The third-order valence-electron chi connectivity index (χ3n) is 3.53. The Labute approximate surface area is 119 Å². The number of rotatable bonds is 1. The molecular formula is C14H20ClN3O. The molecule has 0 bridgehead atoms. The van der Waals surface area contributed by atoms with Gasteiger partial charge in [0.2, 0.25) is 0 Å². The van der Waals surface area contributed by atoms with Crippen molar-refractivity contribution in [3.8, 4) is 0 Å². The molecule has 1 atom stereocenters. The summed E-state index contributed by atoms with van der Waals surface area (Å²) in [6.07, 6.45) is 0.979. The molecule has 4 nitrogen and oxygen atoms in total. The van der Waals surface area contributed by atoms with Crippen LogP contribution in [0.4, 0.5) is 5.69 Å². The van der Waals surface area contributed by atoms with E-state index in [-0.39, 0.29) is 11.9 Å². The zero-order valence-electron chi connectivity index (χ0n) is 11.4. The first-order chi connectivity index (χ1) is 8.99. The van der Waals surface area contributed by atoms with Crippen LogP contribution in [0.25, 0.3) is 0 Å². The first kappa shape index (κ1) is 14.2. The van der Waals surface area contributed by atoms with Crippen LogP contribution in [0.5, 0.6) is 0 Å². The summed E-state index contributed by atoms with van der Waals surface area (Å²) in [5.41, 5.74) is 6.81. The second kappa shape index (κ2) is 5.80. The van der Waals surface area contributed by atoms with Gasteiger partial charge in [0.25, 0.3) is 5.91 Å². The Hall–Kier alpha value is -1.26. The second-order valence-electron chi connectivity index (χ2n) is 5.20. The van der Waals surface area contributed by atoms with Crippen LogP contribution in [-0.2, 0) is 0 Å². The molecule has 5 heteroatoms. The lowest BCUT2D eigenvalue weighted by atomic mass is 10.1. The number of nitrogens with zero attached hydrogens (tertiary/aromatic N) is 2. The molecule has 1 aliphatic heterocycles. The second-order valence-corrected chi connectivity index (χ2v) is 5.61. The van der Waals surface area contributed by atoms with Crippen LogP contribution >= 0.6 is 11.6 Å². The van der Waals surface area contributed by atoms with Gasteiger partial charge in [-0.2, -0.15) is 0 Å². The zero-order chi connectivity index (χ0) is 14.0. The number of carbonyl (C=O) groups is 1. The SMILES string of the molecule is CC1CN(C)CCCN1C(=O)c1cc(N)ccc1Cl. The van der Waals surface area contributed by atoms with Crippen LogP contribution in [0.2, 0.25) is 5.02 Å². The number of nitrogen functional groups attached to an aromatic ring is 1. The molecule has 0 aromatic heterocycles. The van der Waals surface area contributed by atoms with E-state index in [1.807, 2.05) is 4.90 Å². The molecular weight excluding hydrogens is 262 g/mol. The van der Waals surface area contributed by atoms with Gasteiger partial charge in [-0.3, -0.25) is 4.79 Å². The van der Waals surface area contributed by atoms with E-state index < -0.39 is 0 Å². The molecule has 1 aliphatic rings. The summed E-state index contributed by atoms with van der Waals surface area (Å²) in [4.78, 5) is 16.8. The maximum Gasteiger partial charge on any atom is 0.255 e. The molecule has 2 N–H and O–H groups in total. The fourth-order valence-electron chi connectivity index (χ4n) is 2.54. The minimum Gasteiger partial charge on any atom is -0.399 e. The van der Waals surface area contributed by atoms with Gasteiger partial charge < -0.3 is 15.5 Å². The average Bonchev–Trinajstić information content (AvgIpc) is 2.52. The fraction of sp³-hybridized carbons (Fsp3) is 0.500. The number of anilines is 1. The summed E-state index contributed by atoms with van der Waals surface area (Å²) in [6, 6.07) is 5.22. The predicted octanol–water partition coefficient (Wildman–Crippen LogP) is 2.09. The fourth-order valence-corrected chi connectivity index (χ4v) is 2.73. The number of amides is 1. The highest BCUT2D eigenvalue weighted by molar-refractivity contribution is 6.34. The molecule has 0 spiro atoms. The third kappa shape index (κ3) is 3.19. The Morgan fingerprint density at radius 3 is 2.89 bits per heavy atom. The Kier molecular flexibility index (Phi) is 4.32. The van der Waals surface area contributed by atoms with Crippen molar-refractivity contribution in [1.82, 2.24) is 9.80 Å². The first-order valence-corrected chi connectivity index (χ1v) is 6.91. The van der Waals surface area contributed by atoms with Crippen molar-refractivity contribution in [3.05, 3.63) is 28.8 Å². The van der Waals surface area contributed by atoms with Gasteiger partial charge in [0.15, 0.2) is 0 Å². The molecule has 19 heavy (non-hydrogen) atoms. The Balaban J connectivity index is 2.25. The molecule has 104 valence electrons. The molecule has 2 rings (SSSR count). The Morgan fingerprint density at radius 2 is 2.16 bits per heavy atom. The van der Waals surface area contributed by atoms with Gasteiger partial charge in [-0.1, -0.05) is 11.6 Å². The molecule has 0 aliphatic carbocycles. The maximum absolute atomic E-state index is 12.6. The van der Waals surface area contributed by atoms with Gasteiger partial charge in [0.1, 0.15) is 0 Å². The van der Waals surface area contributed by atoms with Gasteiger partial charge in [-0.05, 0) is 45.1 Å². The maximum atomic E-state index is 12.6. The van der Waals surface area contributed by atoms with Crippen molar-refractivity contribution in [1.29, 1.82) is 0 Å². The van der Waals surface area contributed by atoms with Crippen LogP contribution < -0.4 is 5.73 Å². The van der Waals surface area contributed by atoms with Crippen LogP contribution in [0.1, 0.15) is 23.7 Å². The van der Waals surface area contributed by atoms with E-state index in [0.29, 0.717) is 16.3 Å². The van der Waals surface area contributed by atoms with E-state index in [4.69, 9.17) is 17.3 Å². The molecule has 1 aromatic rings. The molecule has 1 saturated heterocycles. The highest BCUT2D eigenvalue weighted by atomic mass is 35.5. The highest BCUT2D eigenvalue weighted by Crippen LogP contribution is 2.22. The quantitative estimate of drug-likeness (QED) is 0.802. The van der Waals surface area contributed by atoms with Gasteiger partial charge in [0.05, 0.1) is 10.6 Å². The molecule has 0 radical (unpaired) electrons. The third-order valence-corrected chi connectivity index (χ3v) is 3.86. The number of halogens is 1. The Morgan fingerprint density at radius 1 is 1.42 bits per heavy atom. The normalized spacial score (nSPS) is 21.2. The molecule has 1 fully saturated rings. The van der Waals surface area contributed by atoms with Crippen LogP contribution in [0, 0.1) is 0 Å². The minimum absolute atomic E-state index is 0.0277. The molecule has 1 amide bonds. The summed E-state index contributed by atoms with van der Waals surface area (Å²) in [7, 11) is 2.08. The van der Waals surface area contributed by atoms with Crippen molar-refractivity contribution < 1.29 is 4.79 Å². The molecule has 1 aromatic carbocycles. The summed E-state index contributed by atoms with van der Waals surface area (Å²) in [5, 5.41) is 0.462. The Bertz CT molecular complexity index is 478. The highest BCUT2D eigenvalue weighted by Gasteiger charge is 2.26. The van der Waals surface area contributed by atoms with E-state index in [9.17, 15) is 4.79 Å². The van der Waals surface area contributed by atoms with Crippen molar-refractivity contribution in [3.63, 3.8) is 0 Å². The van der Waals surface area contributed by atoms with E-state index >= 15 is 0 Å². The van der Waals surface area contributed by atoms with Crippen molar-refractivity contribution in [2.45, 2.75) is 19.4 Å². The number of benzene rings is 1. The number of likely N-dealkylation sites (N-methyl/N-ethyl adjacent to an activating group) is 1. The topological polar surface area (TPSA) is 49.6 Å². The van der Waals surface area contributed by atoms with Gasteiger partial charge in [-0.25, -0.2) is 0 Å². The zero-order valence-corrected chi connectivity index (χ0v) is 12.2. The largest absolute Gasteiger partial charge is 0.399 e. The van der Waals surface area contributed by atoms with Gasteiger partial charge in [0, 0.05) is 24.8 Å². The summed E-state index contributed by atoms with van der Waals surface area (Å²) in [6.45, 7) is 4.72. The van der Waals surface area contributed by atoms with E-state index in [2.05, 4.69) is 18.9 Å². The predicted molar refractivity (Wildman–Crippen MR) is 78.5 cm³/mol. The number of nitrogens with two attached hydrogens (primary N) is 1. The number of carbonyl (C=O) groups excluding carboxylic acids is 1. The van der Waals surface area contributed by atoms with E-state index in [0.717, 1.165) is 26.1 Å². The van der Waals surface area contributed by atoms with Gasteiger partial charge in [-0.15, -0.1) is 0 Å². The van der Waals surface area contributed by atoms with Crippen molar-refractivity contribution >= 4 is 23.2 Å². The molecule has 0 saturated carbocycles. The van der Waals surface area contributed by atoms with Crippen molar-refractivity contribution in [2.75, 3.05) is 32.4 Å². The first-order valence-electron chi connectivity index (χ1n) is 6.53. The lowest BCUT2D eigenvalue weighted by molar-refractivity contribution is 0.0697. The standard InChI is InChI=1S/C14H20ClN3O/c1-10-9-17(2)6-3-7-18(10)14(19)12-8-11(16)4-5-13(12)15/h4-5,8,10H,3,6-7,9,16H2,1-2H3. The smallest absolute Gasteiger partial charge is 0.255 e. The monoisotopic (exact) mass is 281 g/mol. The summed E-state index contributed by atoms with van der Waals surface area (Å²) < 4.78 is 0. The average molecular weight is 282 g/mol. The lowest BCUT2D eigenvalue weighted by Gasteiger charge is -2.28. The van der Waals surface area contributed by atoms with Crippen LogP contribution in [0.15, 0.2) is 18.2 Å².